The molecule has 0 radical (unpaired) electrons. The molecule has 0 saturated carbocycles. The topological polar surface area (TPSA) is 62.7 Å². The molecular formula is C24H25N3O3S. The smallest absolute Gasteiger partial charge is 0.255 e. The molecule has 3 heterocycles. The van der Waals surface area contributed by atoms with Crippen molar-refractivity contribution in [2.45, 2.75) is 13.8 Å². The lowest BCUT2D eigenvalue weighted by atomic mass is 10.1. The summed E-state index contributed by atoms with van der Waals surface area (Å²) in [6, 6.07) is 13.3. The van der Waals surface area contributed by atoms with Gasteiger partial charge >= 0.3 is 0 Å². The van der Waals surface area contributed by atoms with Crippen LogP contribution in [0.3, 0.4) is 0 Å². The number of amides is 2. The zero-order valence-electron chi connectivity index (χ0n) is 17.9. The van der Waals surface area contributed by atoms with Crippen LogP contribution in [0.25, 0.3) is 10.6 Å². The van der Waals surface area contributed by atoms with E-state index < -0.39 is 0 Å². The zero-order chi connectivity index (χ0) is 22.0. The van der Waals surface area contributed by atoms with Gasteiger partial charge in [0.25, 0.3) is 11.8 Å². The van der Waals surface area contributed by atoms with Crippen molar-refractivity contribution in [1.29, 1.82) is 0 Å². The minimum Gasteiger partial charge on any atom is -0.496 e. The number of benzene rings is 1. The maximum atomic E-state index is 13.1. The summed E-state index contributed by atoms with van der Waals surface area (Å²) in [6.45, 7) is 5.82. The zero-order valence-corrected chi connectivity index (χ0v) is 18.7. The van der Waals surface area contributed by atoms with Crippen LogP contribution in [0.2, 0.25) is 0 Å². The number of carbonyl (C=O) groups excluding carboxylic acids is 2. The van der Waals surface area contributed by atoms with Crippen LogP contribution in [-0.2, 0) is 0 Å². The van der Waals surface area contributed by atoms with Gasteiger partial charge in [0, 0.05) is 31.7 Å². The van der Waals surface area contributed by atoms with Crippen molar-refractivity contribution >= 4 is 23.2 Å². The first-order valence-corrected chi connectivity index (χ1v) is 11.1. The molecule has 6 nitrogen and oxygen atoms in total. The Morgan fingerprint density at radius 2 is 1.68 bits per heavy atom. The number of piperazine rings is 1. The van der Waals surface area contributed by atoms with Crippen LogP contribution in [0.4, 0.5) is 0 Å². The number of aromatic nitrogens is 1. The summed E-state index contributed by atoms with van der Waals surface area (Å²) in [7, 11) is 1.60. The minimum atomic E-state index is -0.0384. The molecule has 7 heteroatoms. The lowest BCUT2D eigenvalue weighted by Gasteiger charge is -2.35. The number of aryl methyl sites for hydroxylation is 2. The molecule has 3 aromatic rings. The Labute approximate surface area is 186 Å². The summed E-state index contributed by atoms with van der Waals surface area (Å²) in [5.41, 5.74) is 3.81. The molecule has 31 heavy (non-hydrogen) atoms. The van der Waals surface area contributed by atoms with Gasteiger partial charge in [-0.3, -0.25) is 14.6 Å². The van der Waals surface area contributed by atoms with E-state index in [0.29, 0.717) is 43.1 Å². The number of methoxy groups -OCH3 is 1. The second-order valence-electron chi connectivity index (χ2n) is 7.58. The van der Waals surface area contributed by atoms with Gasteiger partial charge in [-0.25, -0.2) is 0 Å². The SMILES string of the molecule is COc1cc(C(=O)N2CCN(C(=O)c3ccc(-c4cccs4)nc3C)CC2)ccc1C. The van der Waals surface area contributed by atoms with Crippen molar-refractivity contribution in [1.82, 2.24) is 14.8 Å². The number of rotatable bonds is 4. The van der Waals surface area contributed by atoms with E-state index in [0.717, 1.165) is 21.8 Å². The lowest BCUT2D eigenvalue weighted by Crippen LogP contribution is -2.50. The number of thiophene rings is 1. The molecule has 2 aromatic heterocycles. The molecule has 1 saturated heterocycles. The van der Waals surface area contributed by atoms with E-state index in [1.807, 2.05) is 55.6 Å². The van der Waals surface area contributed by atoms with Gasteiger partial charge in [0.05, 0.1) is 28.9 Å². The van der Waals surface area contributed by atoms with Gasteiger partial charge in [0.1, 0.15) is 5.75 Å². The van der Waals surface area contributed by atoms with Crippen LogP contribution in [0.5, 0.6) is 5.75 Å². The fourth-order valence-electron chi connectivity index (χ4n) is 3.77. The van der Waals surface area contributed by atoms with Crippen molar-refractivity contribution in [3.63, 3.8) is 0 Å². The van der Waals surface area contributed by atoms with Gasteiger partial charge in [0.2, 0.25) is 0 Å². The highest BCUT2D eigenvalue weighted by atomic mass is 32.1. The molecule has 0 aliphatic carbocycles. The average molecular weight is 436 g/mol. The van der Waals surface area contributed by atoms with Gasteiger partial charge < -0.3 is 14.5 Å². The number of pyridine rings is 1. The Morgan fingerprint density at radius 1 is 0.968 bits per heavy atom. The number of nitrogens with zero attached hydrogens (tertiary/aromatic N) is 3. The van der Waals surface area contributed by atoms with Crippen LogP contribution < -0.4 is 4.74 Å². The molecule has 0 bridgehead atoms. The maximum Gasteiger partial charge on any atom is 0.255 e. The van der Waals surface area contributed by atoms with Crippen molar-refractivity contribution in [3.8, 4) is 16.3 Å². The van der Waals surface area contributed by atoms with Crippen molar-refractivity contribution in [3.05, 3.63) is 70.2 Å². The standard InChI is InChI=1S/C24H25N3O3S/c1-16-6-7-18(15-21(16)30-3)23(28)26-10-12-27(13-11-26)24(29)19-8-9-20(25-17(19)2)22-5-4-14-31-22/h4-9,14-15H,10-13H2,1-3H3. The Morgan fingerprint density at radius 3 is 2.29 bits per heavy atom. The molecule has 1 aliphatic rings. The number of hydrogen-bond donors (Lipinski definition) is 0. The molecule has 0 spiro atoms. The second-order valence-corrected chi connectivity index (χ2v) is 8.52. The second kappa shape index (κ2) is 8.89. The van der Waals surface area contributed by atoms with E-state index in [9.17, 15) is 9.59 Å². The molecule has 2 amide bonds. The molecule has 0 unspecified atom stereocenters. The molecule has 160 valence electrons. The van der Waals surface area contributed by atoms with E-state index >= 15 is 0 Å². The van der Waals surface area contributed by atoms with Gasteiger partial charge in [0.15, 0.2) is 0 Å². The third-order valence-corrected chi connectivity index (χ3v) is 6.49. The van der Waals surface area contributed by atoms with E-state index in [1.54, 1.807) is 34.3 Å². The largest absolute Gasteiger partial charge is 0.496 e. The Balaban J connectivity index is 1.41. The van der Waals surface area contributed by atoms with Gasteiger partial charge in [-0.1, -0.05) is 12.1 Å². The third kappa shape index (κ3) is 4.32. The summed E-state index contributed by atoms with van der Waals surface area (Å²) in [4.78, 5) is 35.2. The first kappa shape index (κ1) is 21.1. The van der Waals surface area contributed by atoms with E-state index in [-0.39, 0.29) is 11.8 Å². The van der Waals surface area contributed by atoms with Crippen molar-refractivity contribution < 1.29 is 14.3 Å². The fraction of sp³-hybridized carbons (Fsp3) is 0.292. The fourth-order valence-corrected chi connectivity index (χ4v) is 4.46. The van der Waals surface area contributed by atoms with Crippen LogP contribution in [0, 0.1) is 13.8 Å². The summed E-state index contributed by atoms with van der Waals surface area (Å²) in [5, 5.41) is 2.01. The van der Waals surface area contributed by atoms with E-state index in [1.165, 1.54) is 0 Å². The average Bonchev–Trinajstić information content (AvgIpc) is 3.33. The number of ether oxygens (including phenoxy) is 1. The summed E-state index contributed by atoms with van der Waals surface area (Å²) in [6.07, 6.45) is 0. The Bertz CT molecular complexity index is 1100. The molecule has 0 atom stereocenters. The van der Waals surface area contributed by atoms with E-state index in [4.69, 9.17) is 4.74 Å². The first-order chi connectivity index (χ1) is 15.0. The molecule has 4 rings (SSSR count). The quantitative estimate of drug-likeness (QED) is 0.621. The molecule has 1 aliphatic heterocycles. The van der Waals surface area contributed by atoms with E-state index in [2.05, 4.69) is 4.98 Å². The highest BCUT2D eigenvalue weighted by Gasteiger charge is 2.27. The maximum absolute atomic E-state index is 13.1. The van der Waals surface area contributed by atoms with Crippen LogP contribution >= 0.6 is 11.3 Å². The third-order valence-electron chi connectivity index (χ3n) is 5.60. The Hall–Kier alpha value is -3.19. The predicted molar refractivity (Wildman–Crippen MR) is 122 cm³/mol. The molecule has 1 aromatic carbocycles. The molecular weight excluding hydrogens is 410 g/mol. The summed E-state index contributed by atoms with van der Waals surface area (Å²) in [5.74, 6) is 0.629. The van der Waals surface area contributed by atoms with Gasteiger partial charge in [-0.15, -0.1) is 11.3 Å². The summed E-state index contributed by atoms with van der Waals surface area (Å²) < 4.78 is 5.33. The number of hydrogen-bond acceptors (Lipinski definition) is 5. The first-order valence-electron chi connectivity index (χ1n) is 10.2. The summed E-state index contributed by atoms with van der Waals surface area (Å²) >= 11 is 1.63. The molecule has 1 fully saturated rings. The highest BCUT2D eigenvalue weighted by Crippen LogP contribution is 2.25. The lowest BCUT2D eigenvalue weighted by molar-refractivity contribution is 0.0534. The normalized spacial score (nSPS) is 13.9. The predicted octanol–water partition coefficient (Wildman–Crippen LogP) is 4.03. The molecule has 0 N–H and O–H groups in total. The van der Waals surface area contributed by atoms with Crippen molar-refractivity contribution in [2.75, 3.05) is 33.3 Å². The Kier molecular flexibility index (Phi) is 6.04. The number of carbonyl (C=O) groups is 2. The van der Waals surface area contributed by atoms with Gasteiger partial charge in [-0.2, -0.15) is 0 Å². The van der Waals surface area contributed by atoms with Gasteiger partial charge in [-0.05, 0) is 55.1 Å². The highest BCUT2D eigenvalue weighted by molar-refractivity contribution is 7.13. The van der Waals surface area contributed by atoms with Crippen LogP contribution in [0.15, 0.2) is 47.8 Å². The minimum absolute atomic E-state index is 0.0353. The monoisotopic (exact) mass is 435 g/mol. The van der Waals surface area contributed by atoms with Crippen LogP contribution in [-0.4, -0.2) is 59.9 Å². The van der Waals surface area contributed by atoms with Crippen molar-refractivity contribution in [2.24, 2.45) is 0 Å². The van der Waals surface area contributed by atoms with Crippen LogP contribution in [0.1, 0.15) is 32.0 Å².